The Morgan fingerprint density at radius 1 is 1.08 bits per heavy atom. The number of carbonyl (C=O) groups excluding carboxylic acids is 2. The minimum absolute atomic E-state index is 0.0549. The summed E-state index contributed by atoms with van der Waals surface area (Å²) in [7, 11) is 0. The van der Waals surface area contributed by atoms with E-state index in [1.54, 1.807) is 0 Å². The molecule has 0 amide bonds. The van der Waals surface area contributed by atoms with Gasteiger partial charge in [0.1, 0.15) is 12.2 Å². The lowest BCUT2D eigenvalue weighted by molar-refractivity contribution is -0.151. The molecule has 2 saturated heterocycles. The van der Waals surface area contributed by atoms with Crippen LogP contribution < -0.4 is 0 Å². The fourth-order valence-electron chi connectivity index (χ4n) is 10.4. The van der Waals surface area contributed by atoms with Crippen LogP contribution in [0.1, 0.15) is 66.2 Å². The van der Waals surface area contributed by atoms with Gasteiger partial charge >= 0.3 is 11.9 Å². The van der Waals surface area contributed by atoms with Gasteiger partial charge in [0.15, 0.2) is 0 Å². The molecule has 0 aromatic rings. The van der Waals surface area contributed by atoms with Crippen LogP contribution in [0.4, 0.5) is 0 Å². The molecule has 7 rings (SSSR count). The molecule has 2 spiro atoms. The normalized spacial score (nSPS) is 55.0. The van der Waals surface area contributed by atoms with Crippen LogP contribution >= 0.6 is 0 Å². The zero-order valence-electron chi connectivity index (χ0n) is 21.8. The Bertz CT molecular complexity index is 1170. The zero-order valence-corrected chi connectivity index (χ0v) is 21.8. The van der Waals surface area contributed by atoms with Gasteiger partial charge in [-0.15, -0.1) is 0 Å². The maximum absolute atomic E-state index is 13.9. The van der Waals surface area contributed by atoms with Crippen LogP contribution in [0.15, 0.2) is 34.9 Å². The molecule has 2 bridgehead atoms. The number of hydrogen-bond donors (Lipinski definition) is 2. The van der Waals surface area contributed by atoms with E-state index in [2.05, 4.69) is 40.3 Å². The van der Waals surface area contributed by atoms with E-state index >= 15 is 0 Å². The highest BCUT2D eigenvalue weighted by Gasteiger charge is 2.77. The quantitative estimate of drug-likeness (QED) is 0.302. The summed E-state index contributed by atoms with van der Waals surface area (Å²) < 4.78 is 11.9. The second-order valence-corrected chi connectivity index (χ2v) is 13.5. The van der Waals surface area contributed by atoms with E-state index in [0.717, 1.165) is 18.4 Å². The van der Waals surface area contributed by atoms with Gasteiger partial charge < -0.3 is 19.7 Å². The molecular formula is C30H38O6. The molecule has 36 heavy (non-hydrogen) atoms. The Morgan fingerprint density at radius 2 is 1.83 bits per heavy atom. The Kier molecular flexibility index (Phi) is 4.47. The van der Waals surface area contributed by atoms with Gasteiger partial charge in [0.2, 0.25) is 0 Å². The van der Waals surface area contributed by atoms with Crippen LogP contribution in [0.3, 0.4) is 0 Å². The largest absolute Gasteiger partial charge is 0.461 e. The van der Waals surface area contributed by atoms with E-state index < -0.39 is 23.0 Å². The van der Waals surface area contributed by atoms with Crippen molar-refractivity contribution < 1.29 is 29.3 Å². The zero-order chi connectivity index (χ0) is 25.5. The fraction of sp³-hybridized carbons (Fsp3) is 0.733. The molecule has 1 unspecified atom stereocenters. The number of aliphatic hydroxyl groups is 2. The van der Waals surface area contributed by atoms with Crippen molar-refractivity contribution in [3.8, 4) is 0 Å². The summed E-state index contributed by atoms with van der Waals surface area (Å²) in [4.78, 5) is 26.2. The number of carbonyl (C=O) groups is 2. The summed E-state index contributed by atoms with van der Waals surface area (Å²) in [6, 6.07) is 0. The number of esters is 2. The van der Waals surface area contributed by atoms with Crippen molar-refractivity contribution in [3.05, 3.63) is 34.9 Å². The first kappa shape index (κ1) is 23.2. The molecule has 6 heteroatoms. The molecule has 2 heterocycles. The monoisotopic (exact) mass is 494 g/mol. The minimum atomic E-state index is -0.782. The molecule has 5 aliphatic carbocycles. The van der Waals surface area contributed by atoms with Gasteiger partial charge in [-0.1, -0.05) is 50.1 Å². The smallest absolute Gasteiger partial charge is 0.334 e. The van der Waals surface area contributed by atoms with Crippen molar-refractivity contribution in [1.82, 2.24) is 0 Å². The molecule has 2 aliphatic heterocycles. The molecule has 6 nitrogen and oxygen atoms in total. The summed E-state index contributed by atoms with van der Waals surface area (Å²) in [5.41, 5.74) is 2.46. The van der Waals surface area contributed by atoms with Gasteiger partial charge in [-0.05, 0) is 57.3 Å². The average molecular weight is 495 g/mol. The van der Waals surface area contributed by atoms with Crippen molar-refractivity contribution >= 4 is 11.9 Å². The van der Waals surface area contributed by atoms with Crippen molar-refractivity contribution in [1.29, 1.82) is 0 Å². The molecule has 7 aliphatic rings. The molecule has 0 radical (unpaired) electrons. The summed E-state index contributed by atoms with van der Waals surface area (Å²) in [5.74, 6) is -0.501. The first-order valence-corrected chi connectivity index (χ1v) is 13.9. The summed E-state index contributed by atoms with van der Waals surface area (Å²) >= 11 is 0. The van der Waals surface area contributed by atoms with E-state index in [1.165, 1.54) is 11.1 Å². The standard InChI is InChI=1S/C30H38O6/c1-13-6-7-23(31)28(5)11-22-20(10-18(13)28)30(27(34)36-22)12-29-14(2)8-21-17(15(3)26(33)35-21)9-19(29)16(4)24(30)25(29)32/h10,13-14,17,20-25,31-32H,3,6-9,11-12H2,1-2,4-5H3/t13-,14-,17+,20-,21-,22+,23+,24-,25?,28+,29-,30-/m0/s1. The van der Waals surface area contributed by atoms with E-state index in [0.29, 0.717) is 37.2 Å². The third-order valence-corrected chi connectivity index (χ3v) is 12.2. The summed E-state index contributed by atoms with van der Waals surface area (Å²) in [6.07, 6.45) is 5.00. The maximum Gasteiger partial charge on any atom is 0.334 e. The molecule has 12 atom stereocenters. The van der Waals surface area contributed by atoms with Crippen molar-refractivity contribution in [3.63, 3.8) is 0 Å². The molecule has 2 N–H and O–H groups in total. The van der Waals surface area contributed by atoms with Crippen LogP contribution in [-0.4, -0.2) is 46.6 Å². The number of fused-ring (bicyclic) bond motifs is 6. The van der Waals surface area contributed by atoms with Gasteiger partial charge in [0.25, 0.3) is 0 Å². The average Bonchev–Trinajstić information content (AvgIpc) is 3.38. The van der Waals surface area contributed by atoms with E-state index in [9.17, 15) is 19.8 Å². The second-order valence-electron chi connectivity index (χ2n) is 13.5. The number of hydrogen-bond acceptors (Lipinski definition) is 6. The lowest BCUT2D eigenvalue weighted by atomic mass is 9.53. The molecular weight excluding hydrogens is 456 g/mol. The third kappa shape index (κ3) is 2.38. The van der Waals surface area contributed by atoms with Crippen molar-refractivity contribution in [2.24, 2.45) is 45.8 Å². The summed E-state index contributed by atoms with van der Waals surface area (Å²) in [6.45, 7) is 12.6. The first-order chi connectivity index (χ1) is 17.0. The highest BCUT2D eigenvalue weighted by atomic mass is 16.6. The van der Waals surface area contributed by atoms with Crippen LogP contribution in [0, 0.1) is 45.8 Å². The highest BCUT2D eigenvalue weighted by Crippen LogP contribution is 2.75. The number of rotatable bonds is 0. The number of aliphatic hydroxyl groups excluding tert-OH is 2. The molecule has 3 saturated carbocycles. The Morgan fingerprint density at radius 3 is 2.58 bits per heavy atom. The third-order valence-electron chi connectivity index (χ3n) is 12.2. The predicted octanol–water partition coefficient (Wildman–Crippen LogP) is 3.87. The van der Waals surface area contributed by atoms with Crippen LogP contribution in [0.5, 0.6) is 0 Å². The van der Waals surface area contributed by atoms with Gasteiger partial charge in [0, 0.05) is 34.2 Å². The van der Waals surface area contributed by atoms with E-state index in [-0.39, 0.29) is 53.2 Å². The van der Waals surface area contributed by atoms with E-state index in [4.69, 9.17) is 9.47 Å². The molecule has 194 valence electrons. The molecule has 5 fully saturated rings. The topological polar surface area (TPSA) is 93.1 Å². The predicted molar refractivity (Wildman–Crippen MR) is 131 cm³/mol. The van der Waals surface area contributed by atoms with Crippen LogP contribution in [-0.2, 0) is 19.1 Å². The van der Waals surface area contributed by atoms with Crippen molar-refractivity contribution in [2.75, 3.05) is 0 Å². The number of ether oxygens (including phenoxy) is 2. The van der Waals surface area contributed by atoms with E-state index in [1.807, 2.05) is 0 Å². The first-order valence-electron chi connectivity index (χ1n) is 13.9. The molecule has 0 aromatic heterocycles. The second kappa shape index (κ2) is 6.93. The van der Waals surface area contributed by atoms with Crippen LogP contribution in [0.2, 0.25) is 0 Å². The Balaban J connectivity index is 1.36. The lowest BCUT2D eigenvalue weighted by Crippen LogP contribution is -2.49. The SMILES string of the molecule is C=C1C(=O)O[C@H]2C[C@H](C)[C@@]34C[C@@]5(C(=O)O[C@@H]6C[C@]7(C)C(=C[C@@H]65)[C@@H](C)CC[C@H]7O)[C@@H](C(C)=C3C[C@H]12)C4O. The van der Waals surface area contributed by atoms with Gasteiger partial charge in [0.05, 0.1) is 17.6 Å². The van der Waals surface area contributed by atoms with Gasteiger partial charge in [-0.25, -0.2) is 4.79 Å². The Hall–Kier alpha value is -1.92. The minimum Gasteiger partial charge on any atom is -0.461 e. The Labute approximate surface area is 212 Å². The van der Waals surface area contributed by atoms with Crippen molar-refractivity contribution in [2.45, 2.75) is 90.6 Å². The van der Waals surface area contributed by atoms with Gasteiger partial charge in [-0.2, -0.15) is 0 Å². The van der Waals surface area contributed by atoms with Gasteiger partial charge in [-0.3, -0.25) is 4.79 Å². The highest BCUT2D eigenvalue weighted by molar-refractivity contribution is 5.91. The molecule has 0 aromatic carbocycles. The lowest BCUT2D eigenvalue weighted by Gasteiger charge is -2.50. The maximum atomic E-state index is 13.9. The fourth-order valence-corrected chi connectivity index (χ4v) is 10.4. The van der Waals surface area contributed by atoms with Crippen LogP contribution in [0.25, 0.3) is 0 Å². The summed E-state index contributed by atoms with van der Waals surface area (Å²) in [5, 5.41) is 23.0.